The van der Waals surface area contributed by atoms with E-state index in [1.165, 1.54) is 25.2 Å². The van der Waals surface area contributed by atoms with Crippen LogP contribution in [0.25, 0.3) is 0 Å². The second-order valence-electron chi connectivity index (χ2n) is 3.78. The van der Waals surface area contributed by atoms with E-state index in [1.54, 1.807) is 0 Å². The third-order valence-electron chi connectivity index (χ3n) is 2.59. The van der Waals surface area contributed by atoms with Gasteiger partial charge in [0.1, 0.15) is 11.5 Å². The lowest BCUT2D eigenvalue weighted by Gasteiger charge is -2.10. The Labute approximate surface area is 88.1 Å². The van der Waals surface area contributed by atoms with Crippen LogP contribution in [0.2, 0.25) is 0 Å². The fourth-order valence-corrected chi connectivity index (χ4v) is 1.78. The third kappa shape index (κ3) is 2.43. The summed E-state index contributed by atoms with van der Waals surface area (Å²) in [4.78, 5) is 19.4. The predicted molar refractivity (Wildman–Crippen MR) is 56.2 cm³/mol. The van der Waals surface area contributed by atoms with Crippen LogP contribution in [0, 0.1) is 0 Å². The molecule has 1 saturated carbocycles. The number of nitrogens with one attached hydrogen (secondary N) is 1. The van der Waals surface area contributed by atoms with Gasteiger partial charge in [-0.1, -0.05) is 12.8 Å². The molecule has 1 aliphatic rings. The van der Waals surface area contributed by atoms with Gasteiger partial charge < -0.3 is 11.1 Å². The van der Waals surface area contributed by atoms with Crippen molar-refractivity contribution in [1.29, 1.82) is 0 Å². The van der Waals surface area contributed by atoms with E-state index < -0.39 is 0 Å². The Hall–Kier alpha value is -1.65. The Morgan fingerprint density at radius 1 is 1.33 bits per heavy atom. The summed E-state index contributed by atoms with van der Waals surface area (Å²) in [6.07, 6.45) is 7.31. The van der Waals surface area contributed by atoms with Crippen molar-refractivity contribution >= 4 is 11.7 Å². The van der Waals surface area contributed by atoms with Crippen LogP contribution >= 0.6 is 0 Å². The average molecular weight is 206 g/mol. The van der Waals surface area contributed by atoms with Gasteiger partial charge in [0.15, 0.2) is 0 Å². The third-order valence-corrected chi connectivity index (χ3v) is 2.59. The zero-order valence-electron chi connectivity index (χ0n) is 8.44. The van der Waals surface area contributed by atoms with Gasteiger partial charge in [0.2, 0.25) is 0 Å². The smallest absolute Gasteiger partial charge is 0.271 e. The van der Waals surface area contributed by atoms with Gasteiger partial charge in [-0.2, -0.15) is 0 Å². The Morgan fingerprint density at radius 2 is 2.07 bits per heavy atom. The lowest BCUT2D eigenvalue weighted by atomic mass is 10.2. The number of anilines is 1. The van der Waals surface area contributed by atoms with E-state index in [4.69, 9.17) is 5.73 Å². The molecule has 0 aliphatic heterocycles. The Kier molecular flexibility index (Phi) is 2.80. The van der Waals surface area contributed by atoms with Gasteiger partial charge in [0.25, 0.3) is 5.91 Å². The summed E-state index contributed by atoms with van der Waals surface area (Å²) in [6, 6.07) is 0.303. The van der Waals surface area contributed by atoms with Crippen LogP contribution in [-0.2, 0) is 0 Å². The number of nitrogens with two attached hydrogens (primary N) is 1. The molecule has 2 rings (SSSR count). The van der Waals surface area contributed by atoms with Gasteiger partial charge in [-0.25, -0.2) is 9.97 Å². The maximum Gasteiger partial charge on any atom is 0.271 e. The molecule has 1 aromatic rings. The van der Waals surface area contributed by atoms with Gasteiger partial charge in [-0.15, -0.1) is 0 Å². The Balaban J connectivity index is 1.98. The van der Waals surface area contributed by atoms with Crippen LogP contribution in [0.3, 0.4) is 0 Å². The van der Waals surface area contributed by atoms with E-state index in [-0.39, 0.29) is 5.91 Å². The highest BCUT2D eigenvalue weighted by Crippen LogP contribution is 2.17. The molecule has 0 aromatic carbocycles. The summed E-state index contributed by atoms with van der Waals surface area (Å²) >= 11 is 0. The molecule has 0 spiro atoms. The summed E-state index contributed by atoms with van der Waals surface area (Å²) in [7, 11) is 0. The summed E-state index contributed by atoms with van der Waals surface area (Å²) in [5.41, 5.74) is 5.71. The minimum atomic E-state index is -0.158. The van der Waals surface area contributed by atoms with Crippen molar-refractivity contribution in [3.63, 3.8) is 0 Å². The molecule has 0 atom stereocenters. The molecular formula is C10H14N4O. The first-order chi connectivity index (χ1) is 7.25. The minimum Gasteiger partial charge on any atom is -0.382 e. The fraction of sp³-hybridized carbons (Fsp3) is 0.500. The summed E-state index contributed by atoms with van der Waals surface area (Å²) in [5, 5.41) is 2.93. The largest absolute Gasteiger partial charge is 0.382 e. The number of nitrogen functional groups attached to an aromatic ring is 1. The van der Waals surface area contributed by atoms with Gasteiger partial charge in [-0.3, -0.25) is 4.79 Å². The van der Waals surface area contributed by atoms with Crippen LogP contribution in [0.15, 0.2) is 12.4 Å². The Bertz CT molecular complexity index is 343. The number of hydrogen-bond donors (Lipinski definition) is 2. The molecule has 1 aromatic heterocycles. The zero-order valence-corrected chi connectivity index (χ0v) is 8.44. The highest BCUT2D eigenvalue weighted by atomic mass is 16.1. The molecule has 80 valence electrons. The van der Waals surface area contributed by atoms with Crippen LogP contribution in [0.4, 0.5) is 5.82 Å². The molecule has 0 bridgehead atoms. The average Bonchev–Trinajstić information content (AvgIpc) is 2.71. The molecular weight excluding hydrogens is 192 g/mol. The first kappa shape index (κ1) is 9.89. The van der Waals surface area contributed by atoms with Crippen molar-refractivity contribution in [1.82, 2.24) is 15.3 Å². The molecule has 1 amide bonds. The maximum atomic E-state index is 11.7. The van der Waals surface area contributed by atoms with E-state index in [2.05, 4.69) is 15.3 Å². The van der Waals surface area contributed by atoms with Crippen molar-refractivity contribution in [2.24, 2.45) is 0 Å². The van der Waals surface area contributed by atoms with Crippen molar-refractivity contribution in [3.8, 4) is 0 Å². The minimum absolute atomic E-state index is 0.158. The van der Waals surface area contributed by atoms with Crippen molar-refractivity contribution in [3.05, 3.63) is 18.1 Å². The lowest BCUT2D eigenvalue weighted by Crippen LogP contribution is -2.33. The van der Waals surface area contributed by atoms with E-state index in [0.717, 1.165) is 12.8 Å². The highest BCUT2D eigenvalue weighted by molar-refractivity contribution is 5.92. The van der Waals surface area contributed by atoms with E-state index in [1.807, 2.05) is 0 Å². The summed E-state index contributed by atoms with van der Waals surface area (Å²) < 4.78 is 0. The van der Waals surface area contributed by atoms with Crippen LogP contribution < -0.4 is 11.1 Å². The summed E-state index contributed by atoms with van der Waals surface area (Å²) in [5.74, 6) is 0.168. The first-order valence-electron chi connectivity index (χ1n) is 5.14. The number of rotatable bonds is 2. The monoisotopic (exact) mass is 206 g/mol. The number of amides is 1. The van der Waals surface area contributed by atoms with Crippen molar-refractivity contribution in [2.75, 3.05) is 5.73 Å². The fourth-order valence-electron chi connectivity index (χ4n) is 1.78. The van der Waals surface area contributed by atoms with Crippen LogP contribution in [0.1, 0.15) is 36.2 Å². The molecule has 0 unspecified atom stereocenters. The molecule has 1 aliphatic carbocycles. The van der Waals surface area contributed by atoms with Crippen LogP contribution in [0.5, 0.6) is 0 Å². The zero-order chi connectivity index (χ0) is 10.7. The second-order valence-corrected chi connectivity index (χ2v) is 3.78. The number of aromatic nitrogens is 2. The highest BCUT2D eigenvalue weighted by Gasteiger charge is 2.18. The first-order valence-corrected chi connectivity index (χ1v) is 5.14. The molecule has 15 heavy (non-hydrogen) atoms. The van der Waals surface area contributed by atoms with Crippen molar-refractivity contribution in [2.45, 2.75) is 31.7 Å². The van der Waals surface area contributed by atoms with Crippen molar-refractivity contribution < 1.29 is 4.79 Å². The van der Waals surface area contributed by atoms with Gasteiger partial charge >= 0.3 is 0 Å². The van der Waals surface area contributed by atoms with E-state index >= 15 is 0 Å². The second kappa shape index (κ2) is 4.25. The molecule has 5 nitrogen and oxygen atoms in total. The van der Waals surface area contributed by atoms with Gasteiger partial charge in [0.05, 0.1) is 12.4 Å². The Morgan fingerprint density at radius 3 is 2.67 bits per heavy atom. The molecule has 1 heterocycles. The predicted octanol–water partition coefficient (Wildman–Crippen LogP) is 0.731. The molecule has 0 radical (unpaired) electrons. The normalized spacial score (nSPS) is 16.5. The lowest BCUT2D eigenvalue weighted by molar-refractivity contribution is 0.0932. The molecule has 0 saturated heterocycles. The molecule has 3 N–H and O–H groups in total. The number of carbonyl (C=O) groups excluding carboxylic acids is 1. The number of carbonyl (C=O) groups is 1. The molecule has 5 heteroatoms. The van der Waals surface area contributed by atoms with Gasteiger partial charge in [0, 0.05) is 6.04 Å². The SMILES string of the molecule is Nc1cnc(C(=O)NC2CCCC2)cn1. The standard InChI is InChI=1S/C10H14N4O/c11-9-6-12-8(5-13-9)10(15)14-7-3-1-2-4-7/h5-7H,1-4H2,(H2,11,13)(H,14,15). The van der Waals surface area contributed by atoms with Crippen LogP contribution in [-0.4, -0.2) is 21.9 Å². The number of nitrogens with zero attached hydrogens (tertiary/aromatic N) is 2. The number of hydrogen-bond acceptors (Lipinski definition) is 4. The van der Waals surface area contributed by atoms with E-state index in [9.17, 15) is 4.79 Å². The molecule has 1 fully saturated rings. The topological polar surface area (TPSA) is 80.9 Å². The quantitative estimate of drug-likeness (QED) is 0.747. The van der Waals surface area contributed by atoms with Gasteiger partial charge in [-0.05, 0) is 12.8 Å². The maximum absolute atomic E-state index is 11.7. The summed E-state index contributed by atoms with van der Waals surface area (Å²) in [6.45, 7) is 0. The van der Waals surface area contributed by atoms with E-state index in [0.29, 0.717) is 17.6 Å².